The van der Waals surface area contributed by atoms with Crippen molar-refractivity contribution < 1.29 is 9.00 Å². The number of allylic oxidation sites excluding steroid dienone is 4. The first-order valence-electron chi connectivity index (χ1n) is 19.1. The van der Waals surface area contributed by atoms with Crippen LogP contribution in [0.2, 0.25) is 0 Å². The van der Waals surface area contributed by atoms with Crippen LogP contribution in [-0.2, 0) is 16.2 Å². The zero-order valence-corrected chi connectivity index (χ0v) is 31.7. The van der Waals surface area contributed by atoms with Crippen LogP contribution >= 0.6 is 0 Å². The molecule has 7 aromatic rings. The van der Waals surface area contributed by atoms with E-state index in [9.17, 15) is 9.00 Å². The van der Waals surface area contributed by atoms with Gasteiger partial charge in [0.25, 0.3) is 0 Å². The molecule has 1 heterocycles. The Morgan fingerprint density at radius 1 is 0.473 bits per heavy atom. The molecule has 3 heteroatoms. The molecule has 55 heavy (non-hydrogen) atoms. The lowest BCUT2D eigenvalue weighted by Crippen LogP contribution is -2.16. The van der Waals surface area contributed by atoms with E-state index in [0.717, 1.165) is 62.1 Å². The van der Waals surface area contributed by atoms with Crippen LogP contribution in [0.4, 0.5) is 0 Å². The molecule has 3 atom stereocenters. The fourth-order valence-electron chi connectivity index (χ4n) is 8.20. The van der Waals surface area contributed by atoms with Crippen LogP contribution in [0, 0.1) is 5.92 Å². The fraction of sp³-hybridized carbons (Fsp3) is 0.0962. The van der Waals surface area contributed by atoms with Crippen LogP contribution in [-0.4, -0.2) is 9.99 Å². The second-order valence-electron chi connectivity index (χ2n) is 14.3. The van der Waals surface area contributed by atoms with Gasteiger partial charge in [0.1, 0.15) is 0 Å². The number of benzene rings is 7. The van der Waals surface area contributed by atoms with Crippen molar-refractivity contribution in [3.63, 3.8) is 0 Å². The molecule has 3 unspecified atom stereocenters. The molecule has 0 amide bonds. The molecule has 1 aliphatic heterocycles. The van der Waals surface area contributed by atoms with E-state index >= 15 is 0 Å². The van der Waals surface area contributed by atoms with Gasteiger partial charge in [-0.25, -0.2) is 4.21 Å². The highest BCUT2D eigenvalue weighted by Crippen LogP contribution is 2.58. The van der Waals surface area contributed by atoms with Crippen molar-refractivity contribution in [1.29, 1.82) is 0 Å². The molecule has 0 aromatic heterocycles. The fourth-order valence-corrected chi connectivity index (χ4v) is 9.52. The zero-order chi connectivity index (χ0) is 37.5. The molecule has 0 saturated heterocycles. The van der Waals surface area contributed by atoms with Gasteiger partial charge in [-0.15, -0.1) is 0 Å². The molecule has 7 aromatic carbocycles. The molecule has 0 N–H and O–H groups in total. The maximum absolute atomic E-state index is 14.5. The van der Waals surface area contributed by atoms with Gasteiger partial charge in [-0.3, -0.25) is 4.79 Å². The van der Waals surface area contributed by atoms with E-state index in [1.165, 1.54) is 5.56 Å². The monoisotopic (exact) mass is 728 g/mol. The van der Waals surface area contributed by atoms with Crippen LogP contribution in [0.1, 0.15) is 41.8 Å². The maximum Gasteiger partial charge on any atom is 0.195 e. The van der Waals surface area contributed by atoms with Crippen LogP contribution < -0.4 is 0 Å². The van der Waals surface area contributed by atoms with Crippen molar-refractivity contribution in [3.8, 4) is 55.6 Å². The largest absolute Gasteiger partial charge is 0.289 e. The molecule has 266 valence electrons. The lowest BCUT2D eigenvalue weighted by Gasteiger charge is -2.21. The Morgan fingerprint density at radius 2 is 0.891 bits per heavy atom. The van der Waals surface area contributed by atoms with Crippen molar-refractivity contribution in [2.24, 2.45) is 5.92 Å². The number of hydrogen-bond donors (Lipinski definition) is 0. The summed E-state index contributed by atoms with van der Waals surface area (Å²) in [5, 5.41) is 0. The first kappa shape index (κ1) is 34.6. The van der Waals surface area contributed by atoms with Gasteiger partial charge in [0.2, 0.25) is 0 Å². The third-order valence-electron chi connectivity index (χ3n) is 11.1. The molecule has 1 saturated carbocycles. The minimum absolute atomic E-state index is 0.00729. The summed E-state index contributed by atoms with van der Waals surface area (Å²) in [4.78, 5) is 15.6. The molecule has 2 nitrogen and oxygen atoms in total. The molecule has 0 radical (unpaired) electrons. The summed E-state index contributed by atoms with van der Waals surface area (Å²) in [5.74, 6) is 0.406. The van der Waals surface area contributed by atoms with Crippen molar-refractivity contribution in [3.05, 3.63) is 205 Å². The van der Waals surface area contributed by atoms with E-state index in [0.29, 0.717) is 26.8 Å². The summed E-state index contributed by atoms with van der Waals surface area (Å²) in [5.41, 5.74) is 12.9. The van der Waals surface area contributed by atoms with Gasteiger partial charge in [-0.2, -0.15) is 0 Å². The predicted octanol–water partition coefficient (Wildman–Crippen LogP) is 13.1. The van der Waals surface area contributed by atoms with Gasteiger partial charge >= 0.3 is 0 Å². The molecule has 1 fully saturated rings. The Morgan fingerprint density at radius 3 is 1.35 bits per heavy atom. The highest BCUT2D eigenvalue weighted by molar-refractivity contribution is 7.85. The summed E-state index contributed by atoms with van der Waals surface area (Å²) in [6.07, 6.45) is 10.1. The van der Waals surface area contributed by atoms with Crippen molar-refractivity contribution in [2.45, 2.75) is 35.5 Å². The van der Waals surface area contributed by atoms with E-state index in [1.807, 2.05) is 92.7 Å². The van der Waals surface area contributed by atoms with E-state index < -0.39 is 10.8 Å². The molecule has 3 aliphatic rings. The second kappa shape index (κ2) is 14.2. The highest BCUT2D eigenvalue weighted by atomic mass is 32.2. The number of rotatable bonds is 6. The summed E-state index contributed by atoms with van der Waals surface area (Å²) >= 11 is 0. The smallest absolute Gasteiger partial charge is 0.195 e. The SMILES string of the molecule is CC.O=C1c2cc(-c3cc(-c4ccccc4)cc(-c4ccccc4)c3)ccc2S(=O)c2ccc(-c3cc(-c4ccccc4)cc(C45C=CC=CC4C5)c3)cc21. The normalized spacial score (nSPS) is 18.7. The average molecular weight is 729 g/mol. The third-order valence-corrected chi connectivity index (χ3v) is 12.7. The number of fused-ring (bicyclic) bond motifs is 3. The minimum atomic E-state index is -1.49. The van der Waals surface area contributed by atoms with E-state index in [2.05, 4.69) is 109 Å². The van der Waals surface area contributed by atoms with Gasteiger partial charge in [0.15, 0.2) is 5.78 Å². The van der Waals surface area contributed by atoms with Crippen LogP contribution in [0.25, 0.3) is 55.6 Å². The third kappa shape index (κ3) is 6.25. The zero-order valence-electron chi connectivity index (χ0n) is 30.9. The lowest BCUT2D eigenvalue weighted by molar-refractivity contribution is 0.103. The molecule has 0 spiro atoms. The molecule has 2 aliphatic carbocycles. The first-order valence-corrected chi connectivity index (χ1v) is 20.3. The lowest BCUT2D eigenvalue weighted by atomic mass is 9.85. The number of carbonyl (C=O) groups excluding carboxylic acids is 1. The Kier molecular flexibility index (Phi) is 8.96. The molecule has 10 rings (SSSR count). The first-order chi connectivity index (χ1) is 27.0. The van der Waals surface area contributed by atoms with Crippen molar-refractivity contribution >= 4 is 16.6 Å². The summed E-state index contributed by atoms with van der Waals surface area (Å²) in [7, 11) is -1.49. The van der Waals surface area contributed by atoms with E-state index in [-0.39, 0.29) is 11.2 Å². The maximum atomic E-state index is 14.5. The van der Waals surface area contributed by atoms with Crippen LogP contribution in [0.3, 0.4) is 0 Å². The molecular formula is C52H40O2S. The van der Waals surface area contributed by atoms with Crippen molar-refractivity contribution in [2.75, 3.05) is 0 Å². The van der Waals surface area contributed by atoms with Gasteiger partial charge in [0, 0.05) is 16.5 Å². The van der Waals surface area contributed by atoms with Crippen LogP contribution in [0.5, 0.6) is 0 Å². The minimum Gasteiger partial charge on any atom is -0.289 e. The Hall–Kier alpha value is -6.16. The quantitative estimate of drug-likeness (QED) is 0.171. The summed E-state index contributed by atoms with van der Waals surface area (Å²) in [6, 6.07) is 56.3. The molecule has 0 bridgehead atoms. The molecular weight excluding hydrogens is 689 g/mol. The number of ketones is 1. The van der Waals surface area contributed by atoms with Gasteiger partial charge in [0.05, 0.1) is 20.6 Å². The Balaban J connectivity index is 0.00000195. The van der Waals surface area contributed by atoms with E-state index in [1.54, 1.807) is 0 Å². The topological polar surface area (TPSA) is 34.1 Å². The van der Waals surface area contributed by atoms with Gasteiger partial charge < -0.3 is 0 Å². The van der Waals surface area contributed by atoms with Gasteiger partial charge in [-0.1, -0.05) is 153 Å². The van der Waals surface area contributed by atoms with E-state index in [4.69, 9.17) is 0 Å². The van der Waals surface area contributed by atoms with Gasteiger partial charge in [-0.05, 0) is 122 Å². The highest BCUT2D eigenvalue weighted by Gasteiger charge is 2.52. The Bertz CT molecular complexity index is 2620. The Labute approximate surface area is 326 Å². The second-order valence-corrected chi connectivity index (χ2v) is 15.7. The number of carbonyl (C=O) groups is 1. The standard InChI is InChI=1S/C50H34O2S.C2H6/c51-49-45-30-36(40-25-38(33-12-4-1-5-13-33)24-39(26-40)34-14-6-2-7-15-34)19-21-47(45)53(52)48-22-20-37(31-46(48)49)42-27-41(35-16-8-3-9-17-35)28-44(29-42)50-23-11-10-18-43(50)32-50;1-2/h1-31,43H,32H2;1-2H3. The van der Waals surface area contributed by atoms with Crippen molar-refractivity contribution in [1.82, 2.24) is 0 Å². The van der Waals surface area contributed by atoms with Crippen LogP contribution in [0.15, 0.2) is 198 Å². The predicted molar refractivity (Wildman–Crippen MR) is 228 cm³/mol. The summed E-state index contributed by atoms with van der Waals surface area (Å²) in [6.45, 7) is 4.00. The number of hydrogen-bond acceptors (Lipinski definition) is 2. The average Bonchev–Trinajstić information content (AvgIpc) is 4.03. The summed E-state index contributed by atoms with van der Waals surface area (Å²) < 4.78 is 14.1.